The van der Waals surface area contributed by atoms with Crippen LogP contribution in [0, 0.1) is 10.1 Å². The SMILES string of the molecule is COc1ccc(/C=N/NC(=O)CSc2ccc(Cl)cc2)cc1[N+](=O)[O-]. The molecule has 0 fully saturated rings. The lowest BCUT2D eigenvalue weighted by molar-refractivity contribution is -0.385. The Balaban J connectivity index is 1.89. The minimum Gasteiger partial charge on any atom is -0.490 e. The number of hydrogen-bond donors (Lipinski definition) is 1. The number of ether oxygens (including phenoxy) is 1. The zero-order valence-corrected chi connectivity index (χ0v) is 14.7. The van der Waals surface area contributed by atoms with Crippen molar-refractivity contribution in [2.24, 2.45) is 5.10 Å². The van der Waals surface area contributed by atoms with Crippen molar-refractivity contribution in [3.8, 4) is 5.75 Å². The molecule has 0 aromatic heterocycles. The van der Waals surface area contributed by atoms with Gasteiger partial charge in [-0.2, -0.15) is 5.10 Å². The summed E-state index contributed by atoms with van der Waals surface area (Å²) in [6, 6.07) is 11.5. The summed E-state index contributed by atoms with van der Waals surface area (Å²) in [7, 11) is 1.36. The fraction of sp³-hybridized carbons (Fsp3) is 0.125. The van der Waals surface area contributed by atoms with Gasteiger partial charge in [-0.15, -0.1) is 11.8 Å². The number of hydrogen-bond acceptors (Lipinski definition) is 6. The summed E-state index contributed by atoms with van der Waals surface area (Å²) in [5, 5.41) is 15.4. The molecule has 0 saturated carbocycles. The average molecular weight is 380 g/mol. The van der Waals surface area contributed by atoms with Crippen LogP contribution < -0.4 is 10.2 Å². The van der Waals surface area contributed by atoms with E-state index in [0.717, 1.165) is 4.90 Å². The van der Waals surface area contributed by atoms with Crippen LogP contribution in [0.4, 0.5) is 5.69 Å². The van der Waals surface area contributed by atoms with Crippen molar-refractivity contribution < 1.29 is 14.5 Å². The highest BCUT2D eigenvalue weighted by Crippen LogP contribution is 2.26. The Bertz CT molecular complexity index is 796. The summed E-state index contributed by atoms with van der Waals surface area (Å²) < 4.78 is 4.92. The fourth-order valence-electron chi connectivity index (χ4n) is 1.82. The van der Waals surface area contributed by atoms with Crippen LogP contribution in [0.2, 0.25) is 5.02 Å². The normalized spacial score (nSPS) is 10.6. The van der Waals surface area contributed by atoms with Gasteiger partial charge in [-0.25, -0.2) is 5.43 Å². The van der Waals surface area contributed by atoms with Gasteiger partial charge >= 0.3 is 5.69 Å². The topological polar surface area (TPSA) is 93.8 Å². The Hall–Kier alpha value is -2.58. The first-order valence-electron chi connectivity index (χ1n) is 7.02. The molecule has 130 valence electrons. The van der Waals surface area contributed by atoms with Crippen LogP contribution in [0.1, 0.15) is 5.56 Å². The Kier molecular flexibility index (Phi) is 6.79. The fourth-order valence-corrected chi connectivity index (χ4v) is 2.64. The third-order valence-corrected chi connectivity index (χ3v) is 4.25. The van der Waals surface area contributed by atoms with E-state index < -0.39 is 4.92 Å². The number of nitrogens with zero attached hydrogens (tertiary/aromatic N) is 2. The lowest BCUT2D eigenvalue weighted by Gasteiger charge is -2.02. The van der Waals surface area contributed by atoms with Crippen LogP contribution in [0.25, 0.3) is 0 Å². The van der Waals surface area contributed by atoms with Gasteiger partial charge in [-0.1, -0.05) is 11.6 Å². The second-order valence-electron chi connectivity index (χ2n) is 4.72. The van der Waals surface area contributed by atoms with Gasteiger partial charge in [0.25, 0.3) is 0 Å². The van der Waals surface area contributed by atoms with Gasteiger partial charge in [0.1, 0.15) is 0 Å². The summed E-state index contributed by atoms with van der Waals surface area (Å²) >= 11 is 7.14. The third kappa shape index (κ3) is 5.77. The van der Waals surface area contributed by atoms with Crippen LogP contribution in [0.5, 0.6) is 5.75 Å². The number of nitrogens with one attached hydrogen (secondary N) is 1. The Morgan fingerprint density at radius 1 is 1.36 bits per heavy atom. The molecule has 0 unspecified atom stereocenters. The van der Waals surface area contributed by atoms with Crippen LogP contribution in [-0.4, -0.2) is 29.9 Å². The van der Waals surface area contributed by atoms with E-state index >= 15 is 0 Å². The van der Waals surface area contributed by atoms with Crippen molar-refractivity contribution in [3.63, 3.8) is 0 Å². The largest absolute Gasteiger partial charge is 0.490 e. The van der Waals surface area contributed by atoms with E-state index in [4.69, 9.17) is 16.3 Å². The predicted octanol–water partition coefficient (Wildman–Crippen LogP) is 3.50. The smallest absolute Gasteiger partial charge is 0.311 e. The number of hydrazone groups is 1. The van der Waals surface area contributed by atoms with Crippen LogP contribution in [0.15, 0.2) is 52.5 Å². The number of amides is 1. The van der Waals surface area contributed by atoms with E-state index in [-0.39, 0.29) is 23.1 Å². The van der Waals surface area contributed by atoms with E-state index in [2.05, 4.69) is 10.5 Å². The number of nitro benzene ring substituents is 1. The zero-order valence-electron chi connectivity index (χ0n) is 13.1. The molecule has 9 heteroatoms. The van der Waals surface area contributed by atoms with Gasteiger partial charge in [-0.05, 0) is 36.4 Å². The van der Waals surface area contributed by atoms with Crippen molar-refractivity contribution in [2.45, 2.75) is 4.90 Å². The van der Waals surface area contributed by atoms with Crippen LogP contribution >= 0.6 is 23.4 Å². The number of rotatable bonds is 7. The molecule has 0 radical (unpaired) electrons. The first-order chi connectivity index (χ1) is 12.0. The molecule has 0 aliphatic carbocycles. The van der Waals surface area contributed by atoms with Crippen LogP contribution in [0.3, 0.4) is 0 Å². The first-order valence-corrected chi connectivity index (χ1v) is 8.38. The minimum atomic E-state index is -0.544. The summed E-state index contributed by atoms with van der Waals surface area (Å²) in [5.74, 6) is 0.0478. The summed E-state index contributed by atoms with van der Waals surface area (Å²) in [6.45, 7) is 0. The number of thioether (sulfide) groups is 1. The molecule has 7 nitrogen and oxygen atoms in total. The van der Waals surface area contributed by atoms with Gasteiger partial charge in [0.2, 0.25) is 5.91 Å². The van der Waals surface area contributed by atoms with Gasteiger partial charge in [0.15, 0.2) is 5.75 Å². The molecule has 1 amide bonds. The maximum Gasteiger partial charge on any atom is 0.311 e. The lowest BCUT2D eigenvalue weighted by atomic mass is 10.2. The van der Waals surface area contributed by atoms with E-state index in [0.29, 0.717) is 10.6 Å². The number of halogens is 1. The molecule has 25 heavy (non-hydrogen) atoms. The number of carbonyl (C=O) groups is 1. The average Bonchev–Trinajstić information content (AvgIpc) is 2.61. The molecular formula is C16H14ClN3O4S. The molecule has 2 aromatic rings. The number of benzene rings is 2. The molecule has 0 bridgehead atoms. The standard InChI is InChI=1S/C16H14ClN3O4S/c1-24-15-7-2-11(8-14(15)20(22)23)9-18-19-16(21)10-25-13-5-3-12(17)4-6-13/h2-9H,10H2,1H3,(H,19,21)/b18-9+. The Labute approximate surface area is 153 Å². The van der Waals surface area contributed by atoms with Crippen LogP contribution in [-0.2, 0) is 4.79 Å². The molecule has 0 atom stereocenters. The highest BCUT2D eigenvalue weighted by Gasteiger charge is 2.14. The highest BCUT2D eigenvalue weighted by atomic mass is 35.5. The van der Waals surface area contributed by atoms with Gasteiger partial charge in [0, 0.05) is 21.5 Å². The molecule has 0 aliphatic rings. The van der Waals surface area contributed by atoms with Crippen molar-refractivity contribution in [1.29, 1.82) is 0 Å². The van der Waals surface area contributed by atoms with E-state index in [1.54, 1.807) is 18.2 Å². The van der Waals surface area contributed by atoms with Gasteiger partial charge < -0.3 is 4.74 Å². The summed E-state index contributed by atoms with van der Waals surface area (Å²) in [6.07, 6.45) is 1.33. The molecule has 0 heterocycles. The molecule has 2 aromatic carbocycles. The van der Waals surface area contributed by atoms with E-state index in [1.807, 2.05) is 12.1 Å². The molecule has 0 spiro atoms. The van der Waals surface area contributed by atoms with E-state index in [1.165, 1.54) is 37.2 Å². The van der Waals surface area contributed by atoms with Crippen molar-refractivity contribution in [1.82, 2.24) is 5.43 Å². The zero-order chi connectivity index (χ0) is 18.2. The molecule has 0 saturated heterocycles. The van der Waals surface area contributed by atoms with Crippen molar-refractivity contribution >= 4 is 41.2 Å². The minimum absolute atomic E-state index is 0.158. The maximum atomic E-state index is 11.7. The van der Waals surface area contributed by atoms with Gasteiger partial charge in [0.05, 0.1) is 24.0 Å². The van der Waals surface area contributed by atoms with Crippen molar-refractivity contribution in [3.05, 3.63) is 63.2 Å². The Morgan fingerprint density at radius 3 is 2.72 bits per heavy atom. The number of nitro groups is 1. The quantitative estimate of drug-likeness (QED) is 0.344. The third-order valence-electron chi connectivity index (χ3n) is 2.99. The van der Waals surface area contributed by atoms with E-state index in [9.17, 15) is 14.9 Å². The van der Waals surface area contributed by atoms with Crippen molar-refractivity contribution in [2.75, 3.05) is 12.9 Å². The predicted molar refractivity (Wildman–Crippen MR) is 97.6 cm³/mol. The monoisotopic (exact) mass is 379 g/mol. The lowest BCUT2D eigenvalue weighted by Crippen LogP contribution is -2.19. The number of methoxy groups -OCH3 is 1. The summed E-state index contributed by atoms with van der Waals surface area (Å²) in [4.78, 5) is 23.1. The second-order valence-corrected chi connectivity index (χ2v) is 6.21. The second kappa shape index (κ2) is 9.05. The molecule has 0 aliphatic heterocycles. The first kappa shape index (κ1) is 18.8. The van der Waals surface area contributed by atoms with Gasteiger partial charge in [-0.3, -0.25) is 14.9 Å². The molecule has 1 N–H and O–H groups in total. The maximum absolute atomic E-state index is 11.7. The summed E-state index contributed by atoms with van der Waals surface area (Å²) in [5.41, 5.74) is 2.67. The molecular weight excluding hydrogens is 366 g/mol. The highest BCUT2D eigenvalue weighted by molar-refractivity contribution is 8.00. The number of carbonyl (C=O) groups excluding carboxylic acids is 1. The molecule has 2 rings (SSSR count). The Morgan fingerprint density at radius 2 is 2.08 bits per heavy atom.